The van der Waals surface area contributed by atoms with Gasteiger partial charge < -0.3 is 5.32 Å². The van der Waals surface area contributed by atoms with E-state index in [-0.39, 0.29) is 0 Å². The fourth-order valence-electron chi connectivity index (χ4n) is 2.91. The predicted molar refractivity (Wildman–Crippen MR) is 95.0 cm³/mol. The van der Waals surface area contributed by atoms with E-state index in [4.69, 9.17) is 0 Å². The molecule has 1 aliphatic carbocycles. The summed E-state index contributed by atoms with van der Waals surface area (Å²) in [6, 6.07) is 20.1. The molecule has 0 saturated heterocycles. The number of hydrogen-bond donors (Lipinski definition) is 1. The van der Waals surface area contributed by atoms with Crippen LogP contribution in [0.2, 0.25) is 0 Å². The lowest BCUT2D eigenvalue weighted by atomic mass is 10.1. The summed E-state index contributed by atoms with van der Waals surface area (Å²) in [5, 5.41) is 3.52. The Hall–Kier alpha value is -0.770. The summed E-state index contributed by atoms with van der Waals surface area (Å²) in [6.45, 7) is 0. The lowest BCUT2D eigenvalue weighted by Crippen LogP contribution is -2.30. The Kier molecular flexibility index (Phi) is 5.04. The smallest absolute Gasteiger partial charge is 0.0193 e. The van der Waals surface area contributed by atoms with Gasteiger partial charge in [0, 0.05) is 21.2 Å². The summed E-state index contributed by atoms with van der Waals surface area (Å²) in [4.78, 5) is 1.33. The predicted octanol–water partition coefficient (Wildman–Crippen LogP) is 4.93. The third kappa shape index (κ3) is 3.91. The molecule has 1 fully saturated rings. The molecule has 3 unspecified atom stereocenters. The Labute approximate surface area is 139 Å². The quantitative estimate of drug-likeness (QED) is 0.731. The van der Waals surface area contributed by atoms with Crippen molar-refractivity contribution < 1.29 is 0 Å². The molecule has 3 rings (SSSR count). The van der Waals surface area contributed by atoms with Crippen molar-refractivity contribution in [2.45, 2.75) is 23.3 Å². The molecule has 0 aromatic heterocycles. The summed E-state index contributed by atoms with van der Waals surface area (Å²) in [7, 11) is 2.09. The van der Waals surface area contributed by atoms with E-state index in [9.17, 15) is 0 Å². The molecule has 0 heterocycles. The fraction of sp³-hybridized carbons (Fsp3) is 0.333. The molecule has 3 heteroatoms. The maximum absolute atomic E-state index is 3.54. The molecule has 2 aromatic carbocycles. The summed E-state index contributed by atoms with van der Waals surface area (Å²) >= 11 is 5.48. The summed E-state index contributed by atoms with van der Waals surface area (Å²) < 4.78 is 1.15. The molecule has 0 aliphatic heterocycles. The van der Waals surface area contributed by atoms with Crippen molar-refractivity contribution in [2.75, 3.05) is 12.8 Å². The average molecular weight is 362 g/mol. The first kappa shape index (κ1) is 15.1. The molecular formula is C18H20BrNS. The lowest BCUT2D eigenvalue weighted by molar-refractivity contribution is 0.542. The SMILES string of the molecule is CNC(CSc1cccc(Br)c1)C1CC1c1ccccc1. The van der Waals surface area contributed by atoms with E-state index in [0.717, 1.165) is 22.1 Å². The van der Waals surface area contributed by atoms with E-state index >= 15 is 0 Å². The fourth-order valence-corrected chi connectivity index (χ4v) is 4.63. The van der Waals surface area contributed by atoms with E-state index in [1.807, 2.05) is 11.8 Å². The standard InChI is InChI=1S/C18H20BrNS/c1-20-18(12-21-15-9-5-8-14(19)10-15)17-11-16(17)13-6-3-2-4-7-13/h2-10,16-18,20H,11-12H2,1H3. The third-order valence-electron chi connectivity index (χ3n) is 4.18. The first-order valence-electron chi connectivity index (χ1n) is 7.38. The van der Waals surface area contributed by atoms with Gasteiger partial charge in [0.15, 0.2) is 0 Å². The molecule has 3 atom stereocenters. The van der Waals surface area contributed by atoms with Crippen molar-refractivity contribution in [1.29, 1.82) is 0 Å². The van der Waals surface area contributed by atoms with E-state index in [1.165, 1.54) is 16.9 Å². The first-order chi connectivity index (χ1) is 10.3. The minimum Gasteiger partial charge on any atom is -0.316 e. The van der Waals surface area contributed by atoms with Gasteiger partial charge in [0.05, 0.1) is 0 Å². The zero-order valence-corrected chi connectivity index (χ0v) is 14.5. The zero-order chi connectivity index (χ0) is 14.7. The van der Waals surface area contributed by atoms with Crippen molar-refractivity contribution in [3.8, 4) is 0 Å². The number of thioether (sulfide) groups is 1. The second-order valence-electron chi connectivity index (χ2n) is 5.58. The summed E-state index contributed by atoms with van der Waals surface area (Å²) in [5.41, 5.74) is 1.50. The van der Waals surface area contributed by atoms with Crippen molar-refractivity contribution in [3.05, 3.63) is 64.6 Å². The van der Waals surface area contributed by atoms with E-state index in [1.54, 1.807) is 0 Å². The number of benzene rings is 2. The maximum atomic E-state index is 3.54. The Morgan fingerprint density at radius 3 is 2.71 bits per heavy atom. The average Bonchev–Trinajstić information content (AvgIpc) is 3.29. The van der Waals surface area contributed by atoms with Gasteiger partial charge in [-0.3, -0.25) is 0 Å². The molecule has 1 saturated carbocycles. The Bertz CT molecular complexity index is 587. The second-order valence-corrected chi connectivity index (χ2v) is 7.59. The molecule has 1 nitrogen and oxygen atoms in total. The van der Waals surface area contributed by atoms with Gasteiger partial charge in [-0.1, -0.05) is 52.3 Å². The highest BCUT2D eigenvalue weighted by molar-refractivity contribution is 9.10. The van der Waals surface area contributed by atoms with Crippen LogP contribution in [0.1, 0.15) is 17.9 Å². The van der Waals surface area contributed by atoms with Gasteiger partial charge in [0.25, 0.3) is 0 Å². The number of halogens is 1. The molecule has 0 amide bonds. The second kappa shape index (κ2) is 6.99. The highest BCUT2D eigenvalue weighted by Crippen LogP contribution is 2.50. The van der Waals surface area contributed by atoms with Gasteiger partial charge in [-0.25, -0.2) is 0 Å². The molecule has 0 spiro atoms. The minimum absolute atomic E-state index is 0.583. The molecule has 0 radical (unpaired) electrons. The minimum atomic E-state index is 0.583. The van der Waals surface area contributed by atoms with E-state index in [2.05, 4.69) is 82.9 Å². The molecular weight excluding hydrogens is 342 g/mol. The molecule has 110 valence electrons. The number of rotatable bonds is 6. The lowest BCUT2D eigenvalue weighted by Gasteiger charge is -2.16. The van der Waals surface area contributed by atoms with Crippen LogP contribution in [0.4, 0.5) is 0 Å². The van der Waals surface area contributed by atoms with Crippen LogP contribution in [-0.4, -0.2) is 18.8 Å². The number of hydrogen-bond acceptors (Lipinski definition) is 2. The van der Waals surface area contributed by atoms with Gasteiger partial charge >= 0.3 is 0 Å². The van der Waals surface area contributed by atoms with Gasteiger partial charge in [0.1, 0.15) is 0 Å². The number of nitrogens with one attached hydrogen (secondary N) is 1. The molecule has 1 aliphatic rings. The van der Waals surface area contributed by atoms with Gasteiger partial charge in [-0.05, 0) is 49.1 Å². The largest absolute Gasteiger partial charge is 0.316 e. The normalized spacial score (nSPS) is 22.0. The van der Waals surface area contributed by atoms with Crippen LogP contribution >= 0.6 is 27.7 Å². The van der Waals surface area contributed by atoms with Crippen LogP contribution in [0.5, 0.6) is 0 Å². The highest BCUT2D eigenvalue weighted by atomic mass is 79.9. The van der Waals surface area contributed by atoms with Crippen LogP contribution in [0.15, 0.2) is 64.0 Å². The highest BCUT2D eigenvalue weighted by Gasteiger charge is 2.42. The maximum Gasteiger partial charge on any atom is 0.0193 e. The molecule has 1 N–H and O–H groups in total. The topological polar surface area (TPSA) is 12.0 Å². The van der Waals surface area contributed by atoms with Crippen LogP contribution in [0.25, 0.3) is 0 Å². The Morgan fingerprint density at radius 1 is 1.19 bits per heavy atom. The summed E-state index contributed by atoms with van der Waals surface area (Å²) in [5.74, 6) is 2.64. The van der Waals surface area contributed by atoms with Crippen LogP contribution in [0, 0.1) is 5.92 Å². The van der Waals surface area contributed by atoms with E-state index < -0.39 is 0 Å². The molecule has 0 bridgehead atoms. The first-order valence-corrected chi connectivity index (χ1v) is 9.16. The monoisotopic (exact) mass is 361 g/mol. The van der Waals surface area contributed by atoms with Crippen molar-refractivity contribution in [1.82, 2.24) is 5.32 Å². The summed E-state index contributed by atoms with van der Waals surface area (Å²) in [6.07, 6.45) is 1.31. The van der Waals surface area contributed by atoms with Gasteiger partial charge in [-0.2, -0.15) is 0 Å². The van der Waals surface area contributed by atoms with Gasteiger partial charge in [0.2, 0.25) is 0 Å². The van der Waals surface area contributed by atoms with Crippen molar-refractivity contribution >= 4 is 27.7 Å². The third-order valence-corrected chi connectivity index (χ3v) is 5.79. The van der Waals surface area contributed by atoms with Crippen molar-refractivity contribution in [3.63, 3.8) is 0 Å². The van der Waals surface area contributed by atoms with Gasteiger partial charge in [-0.15, -0.1) is 11.8 Å². The molecule has 21 heavy (non-hydrogen) atoms. The van der Waals surface area contributed by atoms with Crippen LogP contribution < -0.4 is 5.32 Å². The van der Waals surface area contributed by atoms with Crippen LogP contribution in [0.3, 0.4) is 0 Å². The molecule has 2 aromatic rings. The van der Waals surface area contributed by atoms with Crippen molar-refractivity contribution in [2.24, 2.45) is 5.92 Å². The van der Waals surface area contributed by atoms with Crippen LogP contribution in [-0.2, 0) is 0 Å². The Morgan fingerprint density at radius 2 is 2.00 bits per heavy atom. The Balaban J connectivity index is 1.57. The zero-order valence-electron chi connectivity index (χ0n) is 12.1. The van der Waals surface area contributed by atoms with E-state index in [0.29, 0.717) is 6.04 Å².